The maximum absolute atomic E-state index is 12.1. The molecule has 94 valence electrons. The van der Waals surface area contributed by atoms with Gasteiger partial charge in [0.15, 0.2) is 0 Å². The first-order valence-electron chi connectivity index (χ1n) is 7.36. The van der Waals surface area contributed by atoms with E-state index in [1.807, 2.05) is 0 Å². The second-order valence-corrected chi connectivity index (χ2v) is 6.60. The van der Waals surface area contributed by atoms with Crippen molar-refractivity contribution in [2.24, 2.45) is 23.2 Å². The van der Waals surface area contributed by atoms with Crippen LogP contribution in [0.1, 0.15) is 58.8 Å². The van der Waals surface area contributed by atoms with E-state index in [9.17, 15) is 4.79 Å². The summed E-state index contributed by atoms with van der Waals surface area (Å²) in [6.45, 7) is 4.53. The number of rotatable bonds is 1. The molecule has 2 fully saturated rings. The van der Waals surface area contributed by atoms with Gasteiger partial charge in [-0.3, -0.25) is 4.79 Å². The molecule has 2 saturated carbocycles. The first-order valence-corrected chi connectivity index (χ1v) is 7.36. The lowest BCUT2D eigenvalue weighted by molar-refractivity contribution is -0.129. The Morgan fingerprint density at radius 1 is 1.41 bits per heavy atom. The molecule has 1 nitrogen and oxygen atoms in total. The van der Waals surface area contributed by atoms with E-state index < -0.39 is 0 Å². The lowest BCUT2D eigenvalue weighted by Gasteiger charge is -2.47. The average molecular weight is 232 g/mol. The van der Waals surface area contributed by atoms with Crippen LogP contribution in [0.3, 0.4) is 0 Å². The third-order valence-electron chi connectivity index (χ3n) is 5.95. The van der Waals surface area contributed by atoms with Gasteiger partial charge in [-0.25, -0.2) is 0 Å². The molecule has 3 aliphatic rings. The fraction of sp³-hybridized carbons (Fsp3) is 0.812. The van der Waals surface area contributed by atoms with Crippen molar-refractivity contribution in [2.45, 2.75) is 58.8 Å². The minimum Gasteiger partial charge on any atom is -0.299 e. The maximum atomic E-state index is 12.1. The molecule has 17 heavy (non-hydrogen) atoms. The van der Waals surface area contributed by atoms with Gasteiger partial charge in [-0.05, 0) is 56.3 Å². The van der Waals surface area contributed by atoms with Crippen LogP contribution in [0.5, 0.6) is 0 Å². The van der Waals surface area contributed by atoms with Crippen molar-refractivity contribution in [3.63, 3.8) is 0 Å². The van der Waals surface area contributed by atoms with Crippen molar-refractivity contribution < 1.29 is 4.79 Å². The van der Waals surface area contributed by atoms with Gasteiger partial charge in [-0.2, -0.15) is 0 Å². The molecule has 0 N–H and O–H groups in total. The molecule has 3 aliphatic carbocycles. The van der Waals surface area contributed by atoms with Crippen LogP contribution in [-0.2, 0) is 4.79 Å². The zero-order valence-corrected chi connectivity index (χ0v) is 11.2. The lowest BCUT2D eigenvalue weighted by atomic mass is 9.57. The molecule has 0 aliphatic heterocycles. The number of carbonyl (C=O) groups excluding carboxylic acids is 1. The van der Waals surface area contributed by atoms with Gasteiger partial charge in [0, 0.05) is 11.8 Å². The van der Waals surface area contributed by atoms with Gasteiger partial charge in [0.1, 0.15) is 5.78 Å². The molecule has 0 radical (unpaired) electrons. The summed E-state index contributed by atoms with van der Waals surface area (Å²) in [6, 6.07) is 0. The summed E-state index contributed by atoms with van der Waals surface area (Å²) in [5.74, 6) is 2.96. The minimum atomic E-state index is 0.0543. The van der Waals surface area contributed by atoms with Crippen molar-refractivity contribution in [1.82, 2.24) is 0 Å². The molecule has 3 rings (SSSR count). The molecule has 0 heterocycles. The normalized spacial score (nSPS) is 45.2. The summed E-state index contributed by atoms with van der Waals surface area (Å²) in [4.78, 5) is 12.1. The quantitative estimate of drug-likeness (QED) is 0.621. The van der Waals surface area contributed by atoms with Gasteiger partial charge >= 0.3 is 0 Å². The Balaban J connectivity index is 1.85. The Kier molecular flexibility index (Phi) is 2.68. The summed E-state index contributed by atoms with van der Waals surface area (Å²) >= 11 is 0. The first kappa shape index (κ1) is 11.5. The minimum absolute atomic E-state index is 0.0543. The van der Waals surface area contributed by atoms with Crippen LogP contribution in [0.25, 0.3) is 0 Å². The standard InChI is InChI=1S/C16H24O/c1-3-11-4-5-13-12(10-11)8-9-16(2)14(13)6-7-15(16)17/h4,12-14H,3,5-10H2,1-2H3/t12?,13?,14?,16-/m0/s1. The van der Waals surface area contributed by atoms with Gasteiger partial charge in [-0.1, -0.05) is 25.5 Å². The van der Waals surface area contributed by atoms with Gasteiger partial charge in [-0.15, -0.1) is 0 Å². The number of hydrogen-bond acceptors (Lipinski definition) is 1. The highest BCUT2D eigenvalue weighted by Gasteiger charge is 2.53. The van der Waals surface area contributed by atoms with Crippen molar-refractivity contribution in [1.29, 1.82) is 0 Å². The number of fused-ring (bicyclic) bond motifs is 3. The number of allylic oxidation sites excluding steroid dienone is 2. The van der Waals surface area contributed by atoms with E-state index in [1.165, 1.54) is 32.1 Å². The monoisotopic (exact) mass is 232 g/mol. The van der Waals surface area contributed by atoms with Crippen molar-refractivity contribution in [3.05, 3.63) is 11.6 Å². The molecule has 0 amide bonds. The van der Waals surface area contributed by atoms with Crippen LogP contribution >= 0.6 is 0 Å². The molecule has 0 aromatic carbocycles. The number of ketones is 1. The van der Waals surface area contributed by atoms with Crippen LogP contribution in [0.4, 0.5) is 0 Å². The molecule has 1 heteroatoms. The number of carbonyl (C=O) groups is 1. The molecular formula is C16H24O. The second-order valence-electron chi connectivity index (χ2n) is 6.60. The van der Waals surface area contributed by atoms with Crippen LogP contribution in [0.2, 0.25) is 0 Å². The Morgan fingerprint density at radius 3 is 3.00 bits per heavy atom. The fourth-order valence-electron chi connectivity index (χ4n) is 4.76. The van der Waals surface area contributed by atoms with E-state index in [4.69, 9.17) is 0 Å². The summed E-state index contributed by atoms with van der Waals surface area (Å²) < 4.78 is 0. The SMILES string of the molecule is CCC1=CCC2C(CC[C@]3(C)C(=O)CCC23)C1. The van der Waals surface area contributed by atoms with Crippen LogP contribution in [0.15, 0.2) is 11.6 Å². The number of Topliss-reactive ketones (excluding diaryl/α,β-unsaturated/α-hetero) is 1. The first-order chi connectivity index (χ1) is 8.15. The molecule has 0 aromatic heterocycles. The van der Waals surface area contributed by atoms with E-state index in [1.54, 1.807) is 5.57 Å². The van der Waals surface area contributed by atoms with E-state index in [-0.39, 0.29) is 5.41 Å². The molecule has 0 saturated heterocycles. The largest absolute Gasteiger partial charge is 0.299 e. The summed E-state index contributed by atoms with van der Waals surface area (Å²) in [5, 5.41) is 0. The molecule has 4 atom stereocenters. The van der Waals surface area contributed by atoms with Crippen molar-refractivity contribution >= 4 is 5.78 Å². The van der Waals surface area contributed by atoms with Gasteiger partial charge in [0.2, 0.25) is 0 Å². The summed E-state index contributed by atoms with van der Waals surface area (Å²) in [7, 11) is 0. The smallest absolute Gasteiger partial charge is 0.139 e. The van der Waals surface area contributed by atoms with E-state index >= 15 is 0 Å². The van der Waals surface area contributed by atoms with Crippen LogP contribution in [0, 0.1) is 23.2 Å². The van der Waals surface area contributed by atoms with Gasteiger partial charge in [0.05, 0.1) is 0 Å². The van der Waals surface area contributed by atoms with Gasteiger partial charge < -0.3 is 0 Å². The third kappa shape index (κ3) is 1.62. The lowest BCUT2D eigenvalue weighted by Crippen LogP contribution is -2.42. The Labute approximate surface area is 105 Å². The summed E-state index contributed by atoms with van der Waals surface area (Å²) in [5.41, 5.74) is 1.72. The van der Waals surface area contributed by atoms with Crippen molar-refractivity contribution in [2.75, 3.05) is 0 Å². The Bertz CT molecular complexity index is 368. The Hall–Kier alpha value is -0.590. The zero-order valence-electron chi connectivity index (χ0n) is 11.2. The zero-order chi connectivity index (χ0) is 12.0. The third-order valence-corrected chi connectivity index (χ3v) is 5.95. The maximum Gasteiger partial charge on any atom is 0.139 e. The molecule has 0 spiro atoms. The molecule has 0 bridgehead atoms. The topological polar surface area (TPSA) is 17.1 Å². The molecule has 3 unspecified atom stereocenters. The summed E-state index contributed by atoms with van der Waals surface area (Å²) in [6.07, 6.45) is 10.8. The van der Waals surface area contributed by atoms with E-state index in [0.29, 0.717) is 11.7 Å². The Morgan fingerprint density at radius 2 is 2.24 bits per heavy atom. The molecular weight excluding hydrogens is 208 g/mol. The van der Waals surface area contributed by atoms with E-state index in [2.05, 4.69) is 19.9 Å². The average Bonchev–Trinajstić information content (AvgIpc) is 2.65. The number of hydrogen-bond donors (Lipinski definition) is 0. The van der Waals surface area contributed by atoms with Crippen LogP contribution in [-0.4, -0.2) is 5.78 Å². The predicted octanol–water partition coefficient (Wildman–Crippen LogP) is 4.13. The predicted molar refractivity (Wildman–Crippen MR) is 69.7 cm³/mol. The highest BCUT2D eigenvalue weighted by Crippen LogP contribution is 2.57. The van der Waals surface area contributed by atoms with Crippen molar-refractivity contribution in [3.8, 4) is 0 Å². The fourth-order valence-corrected chi connectivity index (χ4v) is 4.76. The highest BCUT2D eigenvalue weighted by molar-refractivity contribution is 5.87. The molecule has 0 aromatic rings. The second kappa shape index (κ2) is 3.96. The van der Waals surface area contributed by atoms with Crippen LogP contribution < -0.4 is 0 Å². The van der Waals surface area contributed by atoms with Gasteiger partial charge in [0.25, 0.3) is 0 Å². The highest BCUT2D eigenvalue weighted by atomic mass is 16.1. The van der Waals surface area contributed by atoms with E-state index in [0.717, 1.165) is 24.7 Å².